The van der Waals surface area contributed by atoms with Crippen LogP contribution in [0, 0.1) is 0 Å². The SMILES string of the molecule is CC1(S(=O)(=O)O)CCS(=O)(=O)C1.[Mt]. The third-order valence-electron chi connectivity index (χ3n) is 2.09. The number of hydrogen-bond acceptors (Lipinski definition) is 4. The Morgan fingerprint density at radius 3 is 2.00 bits per heavy atom. The number of rotatable bonds is 1. The molecule has 0 aliphatic carbocycles. The Labute approximate surface area is 71.4 Å². The van der Waals surface area contributed by atoms with E-state index in [-0.39, 0.29) is 12.2 Å². The monoisotopic (exact) mass is 492 g/mol. The summed E-state index contributed by atoms with van der Waals surface area (Å²) in [6, 6.07) is 0. The van der Waals surface area contributed by atoms with Gasteiger partial charge in [-0.05, 0) is 13.3 Å². The average Bonchev–Trinajstić information content (AvgIpc) is 2.05. The summed E-state index contributed by atoms with van der Waals surface area (Å²) in [6.45, 7) is 1.24. The van der Waals surface area contributed by atoms with Crippen molar-refractivity contribution in [3.63, 3.8) is 0 Å². The minimum Gasteiger partial charge on any atom is -0.285 e. The topological polar surface area (TPSA) is 88.5 Å². The molecule has 1 fully saturated rings. The largest absolute Gasteiger partial charge is 0.285 e. The van der Waals surface area contributed by atoms with Gasteiger partial charge in [0.05, 0.1) is 11.5 Å². The molecule has 0 saturated carbocycles. The summed E-state index contributed by atoms with van der Waals surface area (Å²) in [5.74, 6) is -0.637. The molecule has 0 amide bonds. The second kappa shape index (κ2) is 2.68. The van der Waals surface area contributed by atoms with Gasteiger partial charge in [0.1, 0.15) is 4.75 Å². The Morgan fingerprint density at radius 2 is 1.85 bits per heavy atom. The molecule has 1 aliphatic rings. The van der Waals surface area contributed by atoms with E-state index in [1.807, 2.05) is 0 Å². The van der Waals surface area contributed by atoms with E-state index >= 15 is 0 Å². The van der Waals surface area contributed by atoms with E-state index in [9.17, 15) is 16.8 Å². The van der Waals surface area contributed by atoms with Crippen molar-refractivity contribution in [1.82, 2.24) is 0 Å². The van der Waals surface area contributed by atoms with Crippen molar-refractivity contribution >= 4 is 20.0 Å². The fraction of sp³-hybridized carbons (Fsp3) is 1.00. The van der Waals surface area contributed by atoms with Crippen molar-refractivity contribution in [1.29, 1.82) is 0 Å². The van der Waals surface area contributed by atoms with Gasteiger partial charge in [0.25, 0.3) is 10.1 Å². The maximum atomic E-state index is 10.9. The summed E-state index contributed by atoms with van der Waals surface area (Å²) in [5, 5.41) is 0. The maximum absolute atomic E-state index is 10.9. The van der Waals surface area contributed by atoms with Gasteiger partial charge in [0.2, 0.25) is 0 Å². The molecule has 1 rings (SSSR count). The Kier molecular flexibility index (Phi) is 2.44. The van der Waals surface area contributed by atoms with Crippen LogP contribution in [-0.4, -0.2) is 37.6 Å². The second-order valence-corrected chi connectivity index (χ2v) is 7.39. The van der Waals surface area contributed by atoms with E-state index in [4.69, 9.17) is 4.55 Å². The van der Waals surface area contributed by atoms with Crippen LogP contribution in [0.4, 0.5) is 0 Å². The van der Waals surface area contributed by atoms with Gasteiger partial charge in [0, 0.05) is 0 Å². The minimum absolute atomic E-state index is 0. The zero-order chi connectivity index (χ0) is 9.62. The van der Waals surface area contributed by atoms with Crippen LogP contribution in [0.3, 0.4) is 0 Å². The predicted octanol–water partition coefficient (Wildman–Crippen LogP) is -0.549. The van der Waals surface area contributed by atoms with Crippen LogP contribution in [0.5, 0.6) is 0 Å². The van der Waals surface area contributed by atoms with Crippen molar-refractivity contribution in [3.8, 4) is 0 Å². The van der Waals surface area contributed by atoms with E-state index in [0.717, 1.165) is 0 Å². The number of hydrogen-bond donors (Lipinski definition) is 1. The molecule has 0 aromatic rings. The molecule has 1 heterocycles. The molecule has 1 aliphatic heterocycles. The summed E-state index contributed by atoms with van der Waals surface area (Å²) in [4.78, 5) is 0. The number of sulfone groups is 1. The van der Waals surface area contributed by atoms with Gasteiger partial charge in [-0.1, -0.05) is 0 Å². The van der Waals surface area contributed by atoms with Gasteiger partial charge in [-0.25, -0.2) is 8.42 Å². The van der Waals surface area contributed by atoms with Crippen molar-refractivity contribution in [2.45, 2.75) is 18.1 Å². The molecule has 13 heavy (non-hydrogen) atoms. The Balaban J connectivity index is 0.00000144. The molecule has 0 aromatic carbocycles. The first kappa shape index (κ1) is 11.9. The minimum atomic E-state index is -4.25. The molecule has 1 saturated heterocycles. The van der Waals surface area contributed by atoms with Crippen molar-refractivity contribution in [3.05, 3.63) is 0 Å². The van der Waals surface area contributed by atoms with E-state index in [1.54, 1.807) is 0 Å². The van der Waals surface area contributed by atoms with E-state index in [0.29, 0.717) is 0 Å². The fourth-order valence-corrected chi connectivity index (χ4v) is 4.79. The Hall–Kier alpha value is -1.14. The van der Waals surface area contributed by atoms with Gasteiger partial charge in [-0.3, -0.25) is 4.55 Å². The smallest absolute Gasteiger partial charge is 0.271 e. The third-order valence-corrected chi connectivity index (χ3v) is 5.77. The molecule has 74 valence electrons. The first-order chi connectivity index (χ1) is 5.16. The van der Waals surface area contributed by atoms with E-state index < -0.39 is 30.5 Å². The summed E-state index contributed by atoms with van der Waals surface area (Å²) in [7, 11) is -7.53. The maximum Gasteiger partial charge on any atom is 0.271 e. The molecule has 5 nitrogen and oxygen atoms in total. The van der Waals surface area contributed by atoms with Crippen molar-refractivity contribution in [2.24, 2.45) is 0 Å². The van der Waals surface area contributed by atoms with E-state index in [2.05, 4.69) is 0 Å². The van der Waals surface area contributed by atoms with Crippen LogP contribution in [0.1, 0.15) is 13.3 Å². The summed E-state index contributed by atoms with van der Waals surface area (Å²) < 4.78 is 50.5. The van der Waals surface area contributed by atoms with Crippen LogP contribution in [0.2, 0.25) is 0 Å². The van der Waals surface area contributed by atoms with Crippen LogP contribution in [0.15, 0.2) is 0 Å². The standard InChI is InChI=1S/C5H10O5S2.Mt/c1-5(12(8,9)10)2-3-11(6,7)4-5;/h2-4H2,1H3,(H,8,9,10);. The molecule has 1 unspecified atom stereocenters. The van der Waals surface area contributed by atoms with Crippen LogP contribution in [-0.2, 0) is 20.0 Å². The van der Waals surface area contributed by atoms with Gasteiger partial charge >= 0.3 is 0 Å². The van der Waals surface area contributed by atoms with Crippen LogP contribution in [0.25, 0.3) is 0 Å². The normalized spacial score (nSPS) is 32.5. The quantitative estimate of drug-likeness (QED) is 0.497. The van der Waals surface area contributed by atoms with Crippen molar-refractivity contribution < 1.29 is 21.4 Å². The van der Waals surface area contributed by atoms with Gasteiger partial charge in [-0.2, -0.15) is 8.42 Å². The zero-order valence-corrected chi connectivity index (χ0v) is 15.4. The van der Waals surface area contributed by atoms with Gasteiger partial charge in [0.15, 0.2) is 9.84 Å². The fourth-order valence-electron chi connectivity index (χ4n) is 1.18. The molecule has 1 atom stereocenters. The summed E-state index contributed by atoms with van der Waals surface area (Å²) in [6.07, 6.45) is -0.0197. The first-order valence-electron chi connectivity index (χ1n) is 3.34. The average molecular weight is 492 g/mol. The Morgan fingerprint density at radius 1 is 1.38 bits per heavy atom. The summed E-state index contributed by atoms with van der Waals surface area (Å²) >= 11 is 0. The van der Waals surface area contributed by atoms with E-state index in [1.165, 1.54) is 6.92 Å². The first-order valence-corrected chi connectivity index (χ1v) is 6.60. The zero-order valence-electron chi connectivity index (χ0n) is 7.23. The molecule has 8 heteroatoms. The van der Waals surface area contributed by atoms with Crippen LogP contribution >= 0.6 is 0 Å². The molecule has 0 radical (unpaired) electrons. The van der Waals surface area contributed by atoms with Gasteiger partial charge < -0.3 is 0 Å². The second-order valence-electron chi connectivity index (χ2n) is 3.27. The van der Waals surface area contributed by atoms with Gasteiger partial charge in [-0.15, -0.1) is 0 Å². The molecule has 0 bridgehead atoms. The summed E-state index contributed by atoms with van der Waals surface area (Å²) in [5.41, 5.74) is 0. The van der Waals surface area contributed by atoms with Crippen molar-refractivity contribution in [2.75, 3.05) is 11.5 Å². The predicted molar refractivity (Wildman–Crippen MR) is 43.2 cm³/mol. The molecular weight excluding hydrogens is 482 g/mol. The third kappa shape index (κ3) is 1.96. The molecule has 0 aromatic heterocycles. The molecule has 0 spiro atoms. The Bertz CT molecular complexity index is 383. The molecular formula is C5H10MtO5S2. The van der Waals surface area contributed by atoms with Crippen LogP contribution < -0.4 is 0 Å². The molecule has 1 N–H and O–H groups in total.